The molecule has 102 valence electrons. The maximum absolute atomic E-state index is 5.82. The highest BCUT2D eigenvalue weighted by Gasteiger charge is 2.04. The molecule has 4 nitrogen and oxygen atoms in total. The topological polar surface area (TPSA) is 63.5 Å². The lowest BCUT2D eigenvalue weighted by Crippen LogP contribution is -2.38. The molecule has 0 radical (unpaired) electrons. The first kappa shape index (κ1) is 14.6. The second kappa shape index (κ2) is 7.80. The highest BCUT2D eigenvalue weighted by molar-refractivity contribution is 5.78. The Kier molecular flexibility index (Phi) is 6.33. The molecule has 0 aromatic carbocycles. The van der Waals surface area contributed by atoms with E-state index in [1.54, 1.807) is 6.26 Å². The lowest BCUT2D eigenvalue weighted by Gasteiger charge is -2.14. The average molecular weight is 251 g/mol. The van der Waals surface area contributed by atoms with E-state index in [4.69, 9.17) is 10.2 Å². The zero-order valence-electron chi connectivity index (χ0n) is 11.6. The van der Waals surface area contributed by atoms with Crippen LogP contribution in [0.3, 0.4) is 0 Å². The Balaban J connectivity index is 2.21. The van der Waals surface area contributed by atoms with Crippen molar-refractivity contribution in [1.82, 2.24) is 5.32 Å². The molecule has 0 amide bonds. The first-order valence-electron chi connectivity index (χ1n) is 6.66. The van der Waals surface area contributed by atoms with Gasteiger partial charge in [-0.1, -0.05) is 26.7 Å². The summed E-state index contributed by atoms with van der Waals surface area (Å²) in [5, 5.41) is 3.20. The van der Waals surface area contributed by atoms with E-state index in [0.717, 1.165) is 18.1 Å². The second-order valence-electron chi connectivity index (χ2n) is 5.15. The lowest BCUT2D eigenvalue weighted by molar-refractivity contribution is 0.491. The summed E-state index contributed by atoms with van der Waals surface area (Å²) in [7, 11) is 0. The van der Waals surface area contributed by atoms with Crippen molar-refractivity contribution in [2.75, 3.05) is 0 Å². The first-order valence-corrected chi connectivity index (χ1v) is 6.66. The van der Waals surface area contributed by atoms with Crippen LogP contribution in [0, 0.1) is 5.92 Å². The number of guanidine groups is 1. The average Bonchev–Trinajstić information content (AvgIpc) is 2.78. The van der Waals surface area contributed by atoms with Gasteiger partial charge in [-0.05, 0) is 31.4 Å². The lowest BCUT2D eigenvalue weighted by atomic mass is 10.0. The van der Waals surface area contributed by atoms with Crippen molar-refractivity contribution < 1.29 is 4.42 Å². The number of hydrogen-bond acceptors (Lipinski definition) is 2. The van der Waals surface area contributed by atoms with Crippen LogP contribution in [0.1, 0.15) is 45.8 Å². The highest BCUT2D eigenvalue weighted by Crippen LogP contribution is 2.08. The molecular weight excluding hydrogens is 226 g/mol. The minimum Gasteiger partial charge on any atom is -0.467 e. The summed E-state index contributed by atoms with van der Waals surface area (Å²) in [6, 6.07) is 4.11. The molecule has 0 saturated carbocycles. The van der Waals surface area contributed by atoms with Gasteiger partial charge in [0.05, 0.1) is 6.26 Å². The minimum atomic E-state index is 0.365. The number of nitrogens with one attached hydrogen (secondary N) is 1. The van der Waals surface area contributed by atoms with E-state index in [1.807, 2.05) is 12.1 Å². The molecule has 1 unspecified atom stereocenters. The minimum absolute atomic E-state index is 0.365. The summed E-state index contributed by atoms with van der Waals surface area (Å²) in [5.74, 6) is 2.08. The van der Waals surface area contributed by atoms with Crippen LogP contribution in [0.15, 0.2) is 27.8 Å². The van der Waals surface area contributed by atoms with Gasteiger partial charge in [-0.3, -0.25) is 0 Å². The molecule has 1 heterocycles. The van der Waals surface area contributed by atoms with Crippen LogP contribution in [0.2, 0.25) is 0 Å². The zero-order chi connectivity index (χ0) is 13.4. The predicted octanol–water partition coefficient (Wildman–Crippen LogP) is 2.90. The van der Waals surface area contributed by atoms with E-state index in [2.05, 4.69) is 31.1 Å². The summed E-state index contributed by atoms with van der Waals surface area (Å²) in [6.45, 7) is 7.12. The summed E-state index contributed by atoms with van der Waals surface area (Å²) in [4.78, 5) is 4.24. The van der Waals surface area contributed by atoms with Crippen LogP contribution in [0.4, 0.5) is 0 Å². The molecule has 0 aliphatic rings. The first-order chi connectivity index (χ1) is 8.58. The molecule has 0 aliphatic carbocycles. The maximum atomic E-state index is 5.82. The molecule has 0 fully saturated rings. The van der Waals surface area contributed by atoms with Crippen molar-refractivity contribution in [2.24, 2.45) is 16.6 Å². The Morgan fingerprint density at radius 1 is 1.39 bits per heavy atom. The van der Waals surface area contributed by atoms with E-state index < -0.39 is 0 Å². The van der Waals surface area contributed by atoms with Crippen LogP contribution < -0.4 is 11.1 Å². The second-order valence-corrected chi connectivity index (χ2v) is 5.15. The van der Waals surface area contributed by atoms with Gasteiger partial charge in [0.1, 0.15) is 12.3 Å². The van der Waals surface area contributed by atoms with Gasteiger partial charge >= 0.3 is 0 Å². The summed E-state index contributed by atoms with van der Waals surface area (Å²) in [6.07, 6.45) is 5.24. The van der Waals surface area contributed by atoms with Crippen molar-refractivity contribution in [1.29, 1.82) is 0 Å². The Hall–Kier alpha value is -1.45. The Bertz CT molecular complexity index is 344. The molecule has 4 heteroatoms. The smallest absolute Gasteiger partial charge is 0.189 e. The molecule has 1 aromatic heterocycles. The van der Waals surface area contributed by atoms with Crippen molar-refractivity contribution in [3.8, 4) is 0 Å². The predicted molar refractivity (Wildman–Crippen MR) is 75.3 cm³/mol. The maximum Gasteiger partial charge on any atom is 0.189 e. The molecule has 0 bridgehead atoms. The standard InChI is InChI=1S/C14H25N3O/c1-11(2)6-4-7-12(3)17-14(15)16-10-13-8-5-9-18-13/h5,8-9,11-12H,4,6-7,10H2,1-3H3,(H3,15,16,17). The number of rotatable bonds is 7. The summed E-state index contributed by atoms with van der Waals surface area (Å²) in [5.41, 5.74) is 5.82. The van der Waals surface area contributed by atoms with Gasteiger partial charge < -0.3 is 15.5 Å². The fourth-order valence-electron chi connectivity index (χ4n) is 1.77. The number of aliphatic imine (C=N–C) groups is 1. The van der Waals surface area contributed by atoms with Gasteiger partial charge in [-0.15, -0.1) is 0 Å². The van der Waals surface area contributed by atoms with E-state index in [9.17, 15) is 0 Å². The Labute approximate surface area is 110 Å². The van der Waals surface area contributed by atoms with Crippen molar-refractivity contribution in [3.05, 3.63) is 24.2 Å². The zero-order valence-corrected chi connectivity index (χ0v) is 11.6. The number of furan rings is 1. The molecular formula is C14H25N3O. The molecule has 3 N–H and O–H groups in total. The third-order valence-corrected chi connectivity index (χ3v) is 2.80. The van der Waals surface area contributed by atoms with Gasteiger partial charge in [-0.2, -0.15) is 0 Å². The number of nitrogens with zero attached hydrogens (tertiary/aromatic N) is 1. The number of nitrogens with two attached hydrogens (primary N) is 1. The normalized spacial score (nSPS) is 13.9. The monoisotopic (exact) mass is 251 g/mol. The quantitative estimate of drug-likeness (QED) is 0.578. The molecule has 0 spiro atoms. The van der Waals surface area contributed by atoms with Gasteiger partial charge in [0.2, 0.25) is 0 Å². The highest BCUT2D eigenvalue weighted by atomic mass is 16.3. The van der Waals surface area contributed by atoms with E-state index >= 15 is 0 Å². The van der Waals surface area contributed by atoms with Crippen LogP contribution in [0.25, 0.3) is 0 Å². The molecule has 0 aliphatic heterocycles. The van der Waals surface area contributed by atoms with Crippen molar-refractivity contribution in [2.45, 2.75) is 52.6 Å². The van der Waals surface area contributed by atoms with E-state index in [0.29, 0.717) is 18.5 Å². The Morgan fingerprint density at radius 2 is 2.17 bits per heavy atom. The van der Waals surface area contributed by atoms with Gasteiger partial charge in [-0.25, -0.2) is 4.99 Å². The van der Waals surface area contributed by atoms with Gasteiger partial charge in [0.15, 0.2) is 5.96 Å². The molecule has 1 aromatic rings. The molecule has 1 rings (SSSR count). The summed E-state index contributed by atoms with van der Waals surface area (Å²) < 4.78 is 5.19. The fourth-order valence-corrected chi connectivity index (χ4v) is 1.77. The van der Waals surface area contributed by atoms with Crippen LogP contribution in [-0.2, 0) is 6.54 Å². The fraction of sp³-hybridized carbons (Fsp3) is 0.643. The van der Waals surface area contributed by atoms with E-state index in [1.165, 1.54) is 12.8 Å². The molecule has 0 saturated heterocycles. The van der Waals surface area contributed by atoms with Crippen LogP contribution in [0.5, 0.6) is 0 Å². The SMILES string of the molecule is CC(C)CCCC(C)NC(N)=NCc1ccco1. The molecule has 1 atom stereocenters. The van der Waals surface area contributed by atoms with Gasteiger partial charge in [0.25, 0.3) is 0 Å². The number of hydrogen-bond donors (Lipinski definition) is 2. The van der Waals surface area contributed by atoms with Crippen LogP contribution >= 0.6 is 0 Å². The summed E-state index contributed by atoms with van der Waals surface area (Å²) >= 11 is 0. The Morgan fingerprint density at radius 3 is 2.78 bits per heavy atom. The van der Waals surface area contributed by atoms with Crippen molar-refractivity contribution >= 4 is 5.96 Å². The third-order valence-electron chi connectivity index (χ3n) is 2.80. The van der Waals surface area contributed by atoms with Crippen molar-refractivity contribution in [3.63, 3.8) is 0 Å². The van der Waals surface area contributed by atoms with Crippen LogP contribution in [-0.4, -0.2) is 12.0 Å². The van der Waals surface area contributed by atoms with Gasteiger partial charge in [0, 0.05) is 6.04 Å². The van der Waals surface area contributed by atoms with E-state index in [-0.39, 0.29) is 0 Å². The third kappa shape index (κ3) is 6.33. The largest absolute Gasteiger partial charge is 0.467 e. The molecule has 18 heavy (non-hydrogen) atoms.